The first-order chi connectivity index (χ1) is 11.9. The van der Waals surface area contributed by atoms with Gasteiger partial charge in [0.25, 0.3) is 5.91 Å². The summed E-state index contributed by atoms with van der Waals surface area (Å²) in [4.78, 5) is 17.1. The predicted molar refractivity (Wildman–Crippen MR) is 99.6 cm³/mol. The van der Waals surface area contributed by atoms with E-state index in [2.05, 4.69) is 22.9 Å². The number of carbonyl (C=O) groups is 1. The van der Waals surface area contributed by atoms with Crippen molar-refractivity contribution < 1.29 is 9.18 Å². The van der Waals surface area contributed by atoms with Crippen LogP contribution in [-0.2, 0) is 4.79 Å². The van der Waals surface area contributed by atoms with Crippen molar-refractivity contribution >= 4 is 22.4 Å². The van der Waals surface area contributed by atoms with Crippen LogP contribution in [0.1, 0.15) is 43.0 Å². The Hall–Kier alpha value is -2.54. The molecule has 1 aliphatic carbocycles. The van der Waals surface area contributed by atoms with E-state index in [9.17, 15) is 9.18 Å². The molecule has 130 valence electrons. The van der Waals surface area contributed by atoms with E-state index in [1.54, 1.807) is 24.9 Å². The number of aromatic amines is 1. The van der Waals surface area contributed by atoms with E-state index in [1.165, 1.54) is 6.07 Å². The fourth-order valence-corrected chi connectivity index (χ4v) is 3.65. The lowest BCUT2D eigenvalue weighted by Crippen LogP contribution is -2.37. The molecule has 0 saturated carbocycles. The molecule has 1 aliphatic rings. The van der Waals surface area contributed by atoms with Gasteiger partial charge >= 0.3 is 0 Å². The number of H-pyrrole nitrogens is 1. The third-order valence-corrected chi connectivity index (χ3v) is 5.18. The fourth-order valence-electron chi connectivity index (χ4n) is 3.65. The topological polar surface area (TPSA) is 36.1 Å². The van der Waals surface area contributed by atoms with E-state index < -0.39 is 0 Å². The van der Waals surface area contributed by atoms with E-state index in [0.717, 1.165) is 40.6 Å². The van der Waals surface area contributed by atoms with Crippen molar-refractivity contribution in [2.75, 3.05) is 7.05 Å². The van der Waals surface area contributed by atoms with Crippen LogP contribution in [0, 0.1) is 31.5 Å². The highest BCUT2D eigenvalue weighted by molar-refractivity contribution is 5.96. The van der Waals surface area contributed by atoms with Crippen molar-refractivity contribution in [2.24, 2.45) is 0 Å². The van der Waals surface area contributed by atoms with Crippen LogP contribution in [0.4, 0.5) is 4.39 Å². The van der Waals surface area contributed by atoms with Crippen molar-refractivity contribution in [3.8, 4) is 11.8 Å². The second-order valence-electron chi connectivity index (χ2n) is 6.68. The van der Waals surface area contributed by atoms with Crippen LogP contribution in [0.2, 0.25) is 0 Å². The van der Waals surface area contributed by atoms with E-state index in [1.807, 2.05) is 13.8 Å². The Balaban J connectivity index is 2.01. The maximum absolute atomic E-state index is 14.7. The maximum atomic E-state index is 14.7. The van der Waals surface area contributed by atoms with Gasteiger partial charge in [0.15, 0.2) is 0 Å². The third kappa shape index (κ3) is 3.07. The largest absolute Gasteiger partial charge is 0.358 e. The van der Waals surface area contributed by atoms with Gasteiger partial charge in [0.1, 0.15) is 5.82 Å². The van der Waals surface area contributed by atoms with Crippen LogP contribution in [0.5, 0.6) is 0 Å². The highest BCUT2D eigenvalue weighted by atomic mass is 19.1. The van der Waals surface area contributed by atoms with Crippen molar-refractivity contribution in [1.29, 1.82) is 0 Å². The zero-order chi connectivity index (χ0) is 18.1. The fraction of sp³-hybridized carbons (Fsp3) is 0.381. The number of fused-ring (bicyclic) bond motifs is 1. The SMILES string of the molecule is CC#CC(=O)N(C)[C@H]1CCC=C(c2c(F)ccc3[nH]c(C)c(C)c23)C1. The number of carbonyl (C=O) groups excluding carboxylic acids is 1. The summed E-state index contributed by atoms with van der Waals surface area (Å²) < 4.78 is 14.7. The summed E-state index contributed by atoms with van der Waals surface area (Å²) in [6.45, 7) is 5.68. The number of hydrogen-bond acceptors (Lipinski definition) is 1. The van der Waals surface area contributed by atoms with Crippen molar-refractivity contribution in [2.45, 2.75) is 46.1 Å². The molecule has 1 atom stereocenters. The lowest BCUT2D eigenvalue weighted by Gasteiger charge is -2.30. The minimum Gasteiger partial charge on any atom is -0.358 e. The average molecular weight is 338 g/mol. The van der Waals surface area contributed by atoms with Gasteiger partial charge in [-0.2, -0.15) is 0 Å². The maximum Gasteiger partial charge on any atom is 0.298 e. The summed E-state index contributed by atoms with van der Waals surface area (Å²) in [5.74, 6) is 4.86. The predicted octanol–water partition coefficient (Wildman–Crippen LogP) is 4.34. The number of benzene rings is 1. The molecule has 4 heteroatoms. The number of halogens is 1. The minimum absolute atomic E-state index is 0.0448. The van der Waals surface area contributed by atoms with E-state index in [-0.39, 0.29) is 17.8 Å². The molecular weight excluding hydrogens is 315 g/mol. The van der Waals surface area contributed by atoms with Crippen LogP contribution in [-0.4, -0.2) is 28.9 Å². The molecule has 2 aromatic rings. The second kappa shape index (κ2) is 6.76. The lowest BCUT2D eigenvalue weighted by atomic mass is 9.87. The molecule has 3 rings (SSSR count). The van der Waals surface area contributed by atoms with Gasteiger partial charge in [-0.3, -0.25) is 4.79 Å². The van der Waals surface area contributed by atoms with Crippen LogP contribution in [0.25, 0.3) is 16.5 Å². The summed E-state index contributed by atoms with van der Waals surface area (Å²) >= 11 is 0. The molecule has 0 spiro atoms. The summed E-state index contributed by atoms with van der Waals surface area (Å²) in [7, 11) is 1.78. The number of aromatic nitrogens is 1. The molecule has 25 heavy (non-hydrogen) atoms. The van der Waals surface area contributed by atoms with Gasteiger partial charge in [0.05, 0.1) is 0 Å². The summed E-state index contributed by atoms with van der Waals surface area (Å²) in [6.07, 6.45) is 4.46. The van der Waals surface area contributed by atoms with E-state index in [4.69, 9.17) is 0 Å². The first kappa shape index (κ1) is 17.3. The van der Waals surface area contributed by atoms with Gasteiger partial charge < -0.3 is 9.88 Å². The van der Waals surface area contributed by atoms with E-state index in [0.29, 0.717) is 12.0 Å². The number of nitrogens with one attached hydrogen (secondary N) is 1. The van der Waals surface area contributed by atoms with Crippen LogP contribution < -0.4 is 0 Å². The molecule has 1 N–H and O–H groups in total. The first-order valence-electron chi connectivity index (χ1n) is 8.60. The molecule has 0 unspecified atom stereocenters. The van der Waals surface area contributed by atoms with Gasteiger partial charge in [-0.1, -0.05) is 12.0 Å². The van der Waals surface area contributed by atoms with Gasteiger partial charge in [-0.15, -0.1) is 0 Å². The average Bonchev–Trinajstić information content (AvgIpc) is 2.89. The minimum atomic E-state index is -0.205. The molecule has 0 aliphatic heterocycles. The van der Waals surface area contributed by atoms with Crippen LogP contribution >= 0.6 is 0 Å². The Kier molecular flexibility index (Phi) is 4.67. The molecule has 1 aromatic heterocycles. The zero-order valence-corrected chi connectivity index (χ0v) is 15.2. The van der Waals surface area contributed by atoms with Crippen molar-refractivity contribution in [1.82, 2.24) is 9.88 Å². The molecule has 0 bridgehead atoms. The van der Waals surface area contributed by atoms with Crippen LogP contribution in [0.15, 0.2) is 18.2 Å². The monoisotopic (exact) mass is 338 g/mol. The Morgan fingerprint density at radius 1 is 1.36 bits per heavy atom. The number of nitrogens with zero attached hydrogens (tertiary/aromatic N) is 1. The van der Waals surface area contributed by atoms with Gasteiger partial charge in [0.2, 0.25) is 0 Å². The Labute approximate surface area is 147 Å². The molecule has 1 heterocycles. The number of allylic oxidation sites excluding steroid dienone is 1. The molecule has 1 amide bonds. The van der Waals surface area contributed by atoms with Gasteiger partial charge in [-0.25, -0.2) is 4.39 Å². The Bertz CT molecular complexity index is 927. The second-order valence-corrected chi connectivity index (χ2v) is 6.68. The van der Waals surface area contributed by atoms with Crippen LogP contribution in [0.3, 0.4) is 0 Å². The summed E-state index contributed by atoms with van der Waals surface area (Å²) in [5, 5.41) is 0.951. The first-order valence-corrected chi connectivity index (χ1v) is 8.60. The third-order valence-electron chi connectivity index (χ3n) is 5.18. The van der Waals surface area contributed by atoms with Gasteiger partial charge in [0, 0.05) is 35.2 Å². The molecule has 0 fully saturated rings. The molecule has 0 saturated heterocycles. The highest BCUT2D eigenvalue weighted by Crippen LogP contribution is 2.37. The lowest BCUT2D eigenvalue weighted by molar-refractivity contribution is -0.125. The number of hydrogen-bond donors (Lipinski definition) is 1. The smallest absolute Gasteiger partial charge is 0.298 e. The summed E-state index contributed by atoms with van der Waals surface area (Å²) in [6, 6.07) is 3.36. The van der Waals surface area contributed by atoms with Crippen molar-refractivity contribution in [3.63, 3.8) is 0 Å². The molecule has 1 aromatic carbocycles. The zero-order valence-electron chi connectivity index (χ0n) is 15.2. The molecule has 3 nitrogen and oxygen atoms in total. The molecule has 0 radical (unpaired) electrons. The Morgan fingerprint density at radius 2 is 2.12 bits per heavy atom. The normalized spacial score (nSPS) is 17.0. The molecular formula is C21H23FN2O. The number of amides is 1. The summed E-state index contributed by atoms with van der Waals surface area (Å²) in [5.41, 5.74) is 4.74. The number of aryl methyl sites for hydroxylation is 2. The standard InChI is InChI=1S/C21H23FN2O/c1-5-7-19(25)24(4)16-9-6-8-15(12-16)21-17(22)10-11-18-20(21)13(2)14(3)23-18/h8,10-11,16,23H,6,9,12H2,1-4H3/t16-/m0/s1. The van der Waals surface area contributed by atoms with Gasteiger partial charge in [-0.05, 0) is 69.2 Å². The van der Waals surface area contributed by atoms with E-state index >= 15 is 0 Å². The number of rotatable bonds is 2. The Morgan fingerprint density at radius 3 is 2.84 bits per heavy atom. The highest BCUT2D eigenvalue weighted by Gasteiger charge is 2.26. The van der Waals surface area contributed by atoms with Crippen molar-refractivity contribution in [3.05, 3.63) is 40.8 Å². The quantitative estimate of drug-likeness (QED) is 0.812.